The standard InChI is InChI=1S/C25H40N4O6S/c1-15(2)12-18(28-22(32)20(36)14-27-24(34)35-25(3,4)5)23(33)29(7)19(21(31)26-6)13-16-8-10-17(30)11-9-16/h8-11,15,18-20,30,36H,12-14H2,1-7H3,(H,26,31)(H,27,34)(H,28,32)/t18-,19-,20?/m0/s1. The summed E-state index contributed by atoms with van der Waals surface area (Å²) in [5.74, 6) is -1.15. The van der Waals surface area contributed by atoms with Crippen LogP contribution in [0.5, 0.6) is 5.75 Å². The van der Waals surface area contributed by atoms with Crippen molar-refractivity contribution in [3.8, 4) is 5.75 Å². The molecular formula is C25H40N4O6S. The maximum absolute atomic E-state index is 13.4. The fourth-order valence-electron chi connectivity index (χ4n) is 3.37. The van der Waals surface area contributed by atoms with Gasteiger partial charge in [0.05, 0.1) is 5.25 Å². The lowest BCUT2D eigenvalue weighted by Gasteiger charge is -2.31. The first-order chi connectivity index (χ1) is 16.6. The van der Waals surface area contributed by atoms with E-state index in [0.29, 0.717) is 6.42 Å². The van der Waals surface area contributed by atoms with Crippen LogP contribution in [0.2, 0.25) is 0 Å². The summed E-state index contributed by atoms with van der Waals surface area (Å²) in [6.07, 6.45) is -0.111. The first kappa shape index (κ1) is 31.1. The van der Waals surface area contributed by atoms with E-state index in [4.69, 9.17) is 4.74 Å². The topological polar surface area (TPSA) is 137 Å². The smallest absolute Gasteiger partial charge is 0.407 e. The van der Waals surface area contributed by atoms with Crippen molar-refractivity contribution >= 4 is 36.4 Å². The predicted molar refractivity (Wildman–Crippen MR) is 141 cm³/mol. The molecule has 1 aromatic carbocycles. The first-order valence-corrected chi connectivity index (χ1v) is 12.4. The number of likely N-dealkylation sites (N-methyl/N-ethyl adjacent to an activating group) is 2. The maximum Gasteiger partial charge on any atom is 0.407 e. The lowest BCUT2D eigenvalue weighted by Crippen LogP contribution is -2.56. The third kappa shape index (κ3) is 10.8. The van der Waals surface area contributed by atoms with E-state index in [9.17, 15) is 24.3 Å². The van der Waals surface area contributed by atoms with Gasteiger partial charge in [0.2, 0.25) is 17.7 Å². The lowest BCUT2D eigenvalue weighted by molar-refractivity contribution is -0.142. The van der Waals surface area contributed by atoms with Gasteiger partial charge in [-0.15, -0.1) is 0 Å². The summed E-state index contributed by atoms with van der Waals surface area (Å²) in [5.41, 5.74) is 0.0772. The van der Waals surface area contributed by atoms with E-state index >= 15 is 0 Å². The van der Waals surface area contributed by atoms with E-state index in [-0.39, 0.29) is 30.5 Å². The van der Waals surface area contributed by atoms with Gasteiger partial charge in [-0.2, -0.15) is 12.6 Å². The van der Waals surface area contributed by atoms with Gasteiger partial charge < -0.3 is 30.7 Å². The number of nitrogens with one attached hydrogen (secondary N) is 3. The molecule has 10 nitrogen and oxygen atoms in total. The van der Waals surface area contributed by atoms with Crippen molar-refractivity contribution in [3.63, 3.8) is 0 Å². The molecule has 0 aliphatic rings. The van der Waals surface area contributed by atoms with E-state index < -0.39 is 40.8 Å². The van der Waals surface area contributed by atoms with Crippen molar-refractivity contribution in [2.24, 2.45) is 5.92 Å². The Morgan fingerprint density at radius 3 is 2.17 bits per heavy atom. The van der Waals surface area contributed by atoms with Crippen molar-refractivity contribution in [2.75, 3.05) is 20.6 Å². The van der Waals surface area contributed by atoms with Crippen molar-refractivity contribution in [1.29, 1.82) is 0 Å². The zero-order valence-electron chi connectivity index (χ0n) is 22.1. The van der Waals surface area contributed by atoms with Gasteiger partial charge in [-0.3, -0.25) is 14.4 Å². The number of benzene rings is 1. The monoisotopic (exact) mass is 524 g/mol. The molecule has 11 heteroatoms. The molecule has 3 atom stereocenters. The van der Waals surface area contributed by atoms with E-state index in [1.807, 2.05) is 13.8 Å². The molecule has 0 fully saturated rings. The Balaban J connectivity index is 2.95. The molecule has 0 saturated heterocycles. The largest absolute Gasteiger partial charge is 0.508 e. The third-order valence-corrected chi connectivity index (χ3v) is 5.61. The van der Waals surface area contributed by atoms with Crippen LogP contribution in [0, 0.1) is 5.92 Å². The summed E-state index contributed by atoms with van der Waals surface area (Å²) in [4.78, 5) is 52.1. The number of carbonyl (C=O) groups is 4. The van der Waals surface area contributed by atoms with Crippen molar-refractivity contribution in [3.05, 3.63) is 29.8 Å². The Labute approximate surface area is 218 Å². The Morgan fingerprint density at radius 2 is 1.67 bits per heavy atom. The molecular weight excluding hydrogens is 484 g/mol. The summed E-state index contributed by atoms with van der Waals surface area (Å²) in [5, 5.41) is 16.4. The third-order valence-electron chi connectivity index (χ3n) is 5.19. The van der Waals surface area contributed by atoms with Crippen LogP contribution >= 0.6 is 12.6 Å². The molecule has 4 amide bonds. The summed E-state index contributed by atoms with van der Waals surface area (Å²) in [6, 6.07) is 4.65. The van der Waals surface area contributed by atoms with Crippen LogP contribution in [0.4, 0.5) is 4.79 Å². The number of thiol groups is 1. The van der Waals surface area contributed by atoms with Gasteiger partial charge in [0, 0.05) is 27.1 Å². The molecule has 1 rings (SSSR count). The first-order valence-electron chi connectivity index (χ1n) is 11.9. The number of ether oxygens (including phenoxy) is 1. The highest BCUT2D eigenvalue weighted by Crippen LogP contribution is 2.16. The number of phenols is 1. The Bertz CT molecular complexity index is 901. The number of phenolic OH excluding ortho intramolecular Hbond substituents is 1. The van der Waals surface area contributed by atoms with E-state index in [1.165, 1.54) is 31.1 Å². The average Bonchev–Trinajstić information content (AvgIpc) is 2.78. The summed E-state index contributed by atoms with van der Waals surface area (Å²) in [7, 11) is 3.01. The average molecular weight is 525 g/mol. The van der Waals surface area contributed by atoms with Crippen LogP contribution in [0.1, 0.15) is 46.6 Å². The number of nitrogens with zero attached hydrogens (tertiary/aromatic N) is 1. The number of alkyl carbamates (subject to hydrolysis) is 1. The highest BCUT2D eigenvalue weighted by atomic mass is 32.1. The van der Waals surface area contributed by atoms with Gasteiger partial charge in [0.15, 0.2) is 0 Å². The number of rotatable bonds is 11. The predicted octanol–water partition coefficient (Wildman–Crippen LogP) is 1.86. The second-order valence-corrected chi connectivity index (χ2v) is 10.7. The highest BCUT2D eigenvalue weighted by Gasteiger charge is 2.33. The van der Waals surface area contributed by atoms with Gasteiger partial charge in [0.1, 0.15) is 23.4 Å². The maximum atomic E-state index is 13.4. The second kappa shape index (κ2) is 14.0. The summed E-state index contributed by atoms with van der Waals surface area (Å²) in [6.45, 7) is 8.92. The molecule has 1 aromatic rings. The minimum Gasteiger partial charge on any atom is -0.508 e. The minimum absolute atomic E-state index is 0.0708. The Kier molecular flexibility index (Phi) is 12.1. The molecule has 1 unspecified atom stereocenters. The quantitative estimate of drug-likeness (QED) is 0.280. The Morgan fingerprint density at radius 1 is 1.08 bits per heavy atom. The fraction of sp³-hybridized carbons (Fsp3) is 0.600. The molecule has 0 radical (unpaired) electrons. The molecule has 202 valence electrons. The van der Waals surface area contributed by atoms with Crippen molar-refractivity contribution in [2.45, 2.75) is 70.4 Å². The van der Waals surface area contributed by atoms with Crippen LogP contribution in [0.3, 0.4) is 0 Å². The second-order valence-electron chi connectivity index (χ2n) is 10.0. The highest BCUT2D eigenvalue weighted by molar-refractivity contribution is 7.81. The van der Waals surface area contributed by atoms with Crippen LogP contribution in [-0.2, 0) is 25.5 Å². The number of hydrogen-bond donors (Lipinski definition) is 5. The van der Waals surface area contributed by atoms with Crippen LogP contribution in [-0.4, -0.2) is 77.4 Å². The molecule has 0 spiro atoms. The van der Waals surface area contributed by atoms with Crippen molar-refractivity contribution < 1.29 is 29.0 Å². The normalized spacial score (nSPS) is 13.8. The van der Waals surface area contributed by atoms with Crippen LogP contribution in [0.15, 0.2) is 24.3 Å². The SMILES string of the molecule is CNC(=O)[C@H](Cc1ccc(O)cc1)N(C)C(=O)[C@H](CC(C)C)NC(=O)C(S)CNC(=O)OC(C)(C)C. The molecule has 0 saturated carbocycles. The zero-order valence-corrected chi connectivity index (χ0v) is 23.0. The molecule has 4 N–H and O–H groups in total. The van der Waals surface area contributed by atoms with E-state index in [1.54, 1.807) is 32.9 Å². The molecule has 0 aromatic heterocycles. The van der Waals surface area contributed by atoms with Gasteiger partial charge in [-0.05, 0) is 50.8 Å². The van der Waals surface area contributed by atoms with Crippen LogP contribution < -0.4 is 16.0 Å². The number of hydrogen-bond acceptors (Lipinski definition) is 7. The summed E-state index contributed by atoms with van der Waals surface area (Å²) >= 11 is 4.27. The molecule has 0 bridgehead atoms. The van der Waals surface area contributed by atoms with Crippen LogP contribution in [0.25, 0.3) is 0 Å². The summed E-state index contributed by atoms with van der Waals surface area (Å²) < 4.78 is 5.16. The lowest BCUT2D eigenvalue weighted by atomic mass is 9.99. The van der Waals surface area contributed by atoms with Crippen molar-refractivity contribution in [1.82, 2.24) is 20.9 Å². The zero-order chi connectivity index (χ0) is 27.6. The van der Waals surface area contributed by atoms with Gasteiger partial charge in [-0.1, -0.05) is 26.0 Å². The van der Waals surface area contributed by atoms with E-state index in [2.05, 4.69) is 28.6 Å². The minimum atomic E-state index is -0.919. The van der Waals surface area contributed by atoms with Gasteiger partial charge >= 0.3 is 6.09 Å². The molecule has 0 heterocycles. The fourth-order valence-corrected chi connectivity index (χ4v) is 3.54. The van der Waals surface area contributed by atoms with E-state index in [0.717, 1.165) is 5.56 Å². The molecule has 0 aliphatic carbocycles. The number of aromatic hydroxyl groups is 1. The molecule has 36 heavy (non-hydrogen) atoms. The molecule has 0 aliphatic heterocycles. The number of amides is 4. The van der Waals surface area contributed by atoms with Gasteiger partial charge in [-0.25, -0.2) is 4.79 Å². The van der Waals surface area contributed by atoms with Gasteiger partial charge in [0.25, 0.3) is 0 Å². The number of carbonyl (C=O) groups excluding carboxylic acids is 4. The Hall–Kier alpha value is -2.95.